The van der Waals surface area contributed by atoms with Gasteiger partial charge in [0.25, 0.3) is 5.91 Å². The van der Waals surface area contributed by atoms with E-state index in [0.717, 1.165) is 22.6 Å². The number of nitrogens with one attached hydrogen (secondary N) is 1. The Labute approximate surface area is 109 Å². The number of carbonyl (C=O) groups excluding carboxylic acids is 1. The maximum atomic E-state index is 11.2. The van der Waals surface area contributed by atoms with Crippen molar-refractivity contribution in [3.63, 3.8) is 0 Å². The van der Waals surface area contributed by atoms with Crippen molar-refractivity contribution in [1.82, 2.24) is 5.48 Å². The maximum absolute atomic E-state index is 11.2. The lowest BCUT2D eigenvalue weighted by Gasteiger charge is -2.04. The largest absolute Gasteiger partial charge is 0.454 e. The van der Waals surface area contributed by atoms with Gasteiger partial charge in [-0.25, -0.2) is 5.48 Å². The minimum atomic E-state index is -0.530. The third-order valence-corrected chi connectivity index (χ3v) is 2.95. The SMILES string of the molecule is O=C(NO)c1ccc(-c2ccc3c(c2)OCO3)cc1. The summed E-state index contributed by atoms with van der Waals surface area (Å²) in [4.78, 5) is 11.2. The van der Waals surface area contributed by atoms with E-state index < -0.39 is 5.91 Å². The van der Waals surface area contributed by atoms with E-state index in [2.05, 4.69) is 0 Å². The summed E-state index contributed by atoms with van der Waals surface area (Å²) in [6.07, 6.45) is 0. The Hall–Kier alpha value is -2.53. The van der Waals surface area contributed by atoms with Crippen molar-refractivity contribution in [1.29, 1.82) is 0 Å². The molecule has 0 unspecified atom stereocenters. The third-order valence-electron chi connectivity index (χ3n) is 2.95. The molecule has 5 nitrogen and oxygen atoms in total. The second-order valence-corrected chi connectivity index (χ2v) is 4.09. The summed E-state index contributed by atoms with van der Waals surface area (Å²) >= 11 is 0. The molecule has 5 heteroatoms. The van der Waals surface area contributed by atoms with Crippen molar-refractivity contribution < 1.29 is 19.5 Å². The molecule has 1 aliphatic heterocycles. The molecule has 0 atom stereocenters. The fourth-order valence-electron chi connectivity index (χ4n) is 1.95. The second kappa shape index (κ2) is 4.62. The minimum absolute atomic E-state index is 0.244. The monoisotopic (exact) mass is 257 g/mol. The normalized spacial score (nSPS) is 12.3. The number of fused-ring (bicyclic) bond motifs is 1. The first-order chi connectivity index (χ1) is 9.28. The zero-order valence-electron chi connectivity index (χ0n) is 9.92. The Morgan fingerprint density at radius 2 is 1.68 bits per heavy atom. The van der Waals surface area contributed by atoms with Crippen LogP contribution in [0.4, 0.5) is 0 Å². The van der Waals surface area contributed by atoms with Gasteiger partial charge >= 0.3 is 0 Å². The molecule has 0 bridgehead atoms. The summed E-state index contributed by atoms with van der Waals surface area (Å²) in [7, 11) is 0. The van der Waals surface area contributed by atoms with Gasteiger partial charge in [-0.15, -0.1) is 0 Å². The number of hydrogen-bond acceptors (Lipinski definition) is 4. The molecule has 3 rings (SSSR count). The van der Waals surface area contributed by atoms with E-state index in [1.165, 1.54) is 0 Å². The highest BCUT2D eigenvalue weighted by Gasteiger charge is 2.14. The van der Waals surface area contributed by atoms with E-state index in [9.17, 15) is 4.79 Å². The van der Waals surface area contributed by atoms with E-state index in [0.29, 0.717) is 5.56 Å². The van der Waals surface area contributed by atoms with Crippen LogP contribution in [0.15, 0.2) is 42.5 Å². The molecule has 0 aromatic heterocycles. The fourth-order valence-corrected chi connectivity index (χ4v) is 1.95. The molecule has 2 N–H and O–H groups in total. The molecule has 0 aliphatic carbocycles. The molecule has 1 heterocycles. The summed E-state index contributed by atoms with van der Waals surface area (Å²) in [5.74, 6) is 0.923. The van der Waals surface area contributed by atoms with Crippen LogP contribution in [0.3, 0.4) is 0 Å². The maximum Gasteiger partial charge on any atom is 0.274 e. The van der Waals surface area contributed by atoms with Crippen LogP contribution in [0, 0.1) is 0 Å². The first-order valence-electron chi connectivity index (χ1n) is 5.72. The van der Waals surface area contributed by atoms with Crippen LogP contribution in [0.25, 0.3) is 11.1 Å². The van der Waals surface area contributed by atoms with E-state index in [-0.39, 0.29) is 6.79 Å². The van der Waals surface area contributed by atoms with Crippen molar-refractivity contribution >= 4 is 5.91 Å². The average Bonchev–Trinajstić information content (AvgIpc) is 2.94. The molecule has 2 aromatic carbocycles. The summed E-state index contributed by atoms with van der Waals surface area (Å²) < 4.78 is 10.6. The van der Waals surface area contributed by atoms with E-state index in [1.807, 2.05) is 30.3 Å². The quantitative estimate of drug-likeness (QED) is 0.639. The van der Waals surface area contributed by atoms with Crippen molar-refractivity contribution in [3.8, 4) is 22.6 Å². The number of hydroxylamine groups is 1. The second-order valence-electron chi connectivity index (χ2n) is 4.09. The van der Waals surface area contributed by atoms with Crippen LogP contribution < -0.4 is 15.0 Å². The average molecular weight is 257 g/mol. The van der Waals surface area contributed by atoms with Crippen LogP contribution in [0.2, 0.25) is 0 Å². The molecular formula is C14H11NO4. The minimum Gasteiger partial charge on any atom is -0.454 e. The predicted octanol–water partition coefficient (Wildman–Crippen LogP) is 2.20. The molecule has 0 fully saturated rings. The Kier molecular flexibility index (Phi) is 2.81. The molecule has 0 saturated heterocycles. The van der Waals surface area contributed by atoms with Crippen molar-refractivity contribution in [2.24, 2.45) is 0 Å². The summed E-state index contributed by atoms with van der Waals surface area (Å²) in [5, 5.41) is 8.55. The number of amides is 1. The molecule has 1 amide bonds. The van der Waals surface area contributed by atoms with Crippen molar-refractivity contribution in [2.45, 2.75) is 0 Å². The van der Waals surface area contributed by atoms with Gasteiger partial charge in [-0.3, -0.25) is 10.0 Å². The number of benzene rings is 2. The van der Waals surface area contributed by atoms with Gasteiger partial charge in [-0.2, -0.15) is 0 Å². The summed E-state index contributed by atoms with van der Waals surface area (Å²) in [6, 6.07) is 12.6. The van der Waals surface area contributed by atoms with Crippen molar-refractivity contribution in [2.75, 3.05) is 6.79 Å². The Balaban J connectivity index is 1.92. The van der Waals surface area contributed by atoms with E-state index in [4.69, 9.17) is 14.7 Å². The van der Waals surface area contributed by atoms with Gasteiger partial charge in [0, 0.05) is 5.56 Å². The standard InChI is InChI=1S/C14H11NO4/c16-14(15-17)10-3-1-9(2-4-10)11-5-6-12-13(7-11)19-8-18-12/h1-7,17H,8H2,(H,15,16). The highest BCUT2D eigenvalue weighted by Crippen LogP contribution is 2.35. The van der Waals surface area contributed by atoms with Crippen LogP contribution in [-0.2, 0) is 0 Å². The summed E-state index contributed by atoms with van der Waals surface area (Å²) in [6.45, 7) is 0.244. The zero-order chi connectivity index (χ0) is 13.2. The van der Waals surface area contributed by atoms with E-state index >= 15 is 0 Å². The summed E-state index contributed by atoms with van der Waals surface area (Å²) in [5.41, 5.74) is 3.92. The number of carbonyl (C=O) groups is 1. The van der Waals surface area contributed by atoms with Gasteiger partial charge in [-0.05, 0) is 35.4 Å². The lowest BCUT2D eigenvalue weighted by atomic mass is 10.0. The van der Waals surface area contributed by atoms with Gasteiger partial charge in [0.2, 0.25) is 6.79 Å². The van der Waals surface area contributed by atoms with Gasteiger partial charge in [0.1, 0.15) is 0 Å². The fraction of sp³-hybridized carbons (Fsp3) is 0.0714. The van der Waals surface area contributed by atoms with Crippen LogP contribution in [0.1, 0.15) is 10.4 Å². The molecule has 2 aromatic rings. The smallest absolute Gasteiger partial charge is 0.274 e. The zero-order valence-corrected chi connectivity index (χ0v) is 9.92. The third kappa shape index (κ3) is 2.11. The van der Waals surface area contributed by atoms with Gasteiger partial charge in [0.05, 0.1) is 0 Å². The molecule has 0 radical (unpaired) electrons. The number of ether oxygens (including phenoxy) is 2. The lowest BCUT2D eigenvalue weighted by molar-refractivity contribution is 0.0706. The van der Waals surface area contributed by atoms with Gasteiger partial charge in [-0.1, -0.05) is 18.2 Å². The molecular weight excluding hydrogens is 246 g/mol. The molecule has 19 heavy (non-hydrogen) atoms. The van der Waals surface area contributed by atoms with Gasteiger partial charge < -0.3 is 9.47 Å². The Bertz CT molecular complexity index is 622. The van der Waals surface area contributed by atoms with Crippen LogP contribution >= 0.6 is 0 Å². The first-order valence-corrected chi connectivity index (χ1v) is 5.72. The highest BCUT2D eigenvalue weighted by atomic mass is 16.7. The van der Waals surface area contributed by atoms with Crippen LogP contribution in [-0.4, -0.2) is 17.9 Å². The lowest BCUT2D eigenvalue weighted by Crippen LogP contribution is -2.18. The first kappa shape index (κ1) is 11.6. The Morgan fingerprint density at radius 3 is 2.42 bits per heavy atom. The topological polar surface area (TPSA) is 67.8 Å². The van der Waals surface area contributed by atoms with Crippen molar-refractivity contribution in [3.05, 3.63) is 48.0 Å². The van der Waals surface area contributed by atoms with Gasteiger partial charge in [0.15, 0.2) is 11.5 Å². The molecule has 96 valence electrons. The molecule has 1 aliphatic rings. The van der Waals surface area contributed by atoms with E-state index in [1.54, 1.807) is 17.6 Å². The molecule has 0 spiro atoms. The number of rotatable bonds is 2. The molecule has 0 saturated carbocycles. The Morgan fingerprint density at radius 1 is 1.00 bits per heavy atom. The predicted molar refractivity (Wildman–Crippen MR) is 67.3 cm³/mol. The van der Waals surface area contributed by atoms with Crippen LogP contribution in [0.5, 0.6) is 11.5 Å². The number of hydrogen-bond donors (Lipinski definition) is 2. The highest BCUT2D eigenvalue weighted by molar-refractivity contribution is 5.93.